The van der Waals surface area contributed by atoms with Crippen LogP contribution < -0.4 is 0 Å². The van der Waals surface area contributed by atoms with E-state index in [0.717, 1.165) is 0 Å². The number of rotatable bonds is 14. The van der Waals surface area contributed by atoms with Crippen LogP contribution >= 0.6 is 0 Å². The van der Waals surface area contributed by atoms with E-state index in [1.54, 1.807) is 20.8 Å². The third-order valence-electron chi connectivity index (χ3n) is 3.29. The summed E-state index contributed by atoms with van der Waals surface area (Å²) in [5, 5.41) is 0. The minimum absolute atomic E-state index is 0.0489. The van der Waals surface area contributed by atoms with Crippen molar-refractivity contribution in [1.82, 2.24) is 0 Å². The van der Waals surface area contributed by atoms with Gasteiger partial charge < -0.3 is 13.3 Å². The molecular weight excluding hydrogens is 377 g/mol. The van der Waals surface area contributed by atoms with E-state index >= 15 is 0 Å². The van der Waals surface area contributed by atoms with Gasteiger partial charge >= 0.3 is 8.80 Å². The molecule has 6 atom stereocenters. The molecule has 0 aromatic heterocycles. The highest BCUT2D eigenvalue weighted by atomic mass is 28.4. The molecule has 6 unspecified atom stereocenters. The molecule has 0 radical (unpaired) electrons. The summed E-state index contributed by atoms with van der Waals surface area (Å²) in [5.74, 6) is 0. The zero-order valence-corrected chi connectivity index (χ0v) is 15.4. The third-order valence-corrected chi connectivity index (χ3v) is 6.36. The van der Waals surface area contributed by atoms with Crippen molar-refractivity contribution in [2.75, 3.05) is 26.5 Å². The predicted octanol–water partition coefficient (Wildman–Crippen LogP) is 4.03. The van der Waals surface area contributed by atoms with E-state index in [2.05, 4.69) is 0 Å². The van der Waals surface area contributed by atoms with Crippen LogP contribution in [0, 0.1) is 0 Å². The predicted molar refractivity (Wildman–Crippen MR) is 80.8 cm³/mol. The summed E-state index contributed by atoms with van der Waals surface area (Å²) < 4.78 is 109. The largest absolute Gasteiger partial charge is 0.504 e. The van der Waals surface area contributed by atoms with Gasteiger partial charge in [0.1, 0.15) is 12.8 Å². The first-order chi connectivity index (χ1) is 11.7. The Balaban J connectivity index is 5.06. The smallest absolute Gasteiger partial charge is 0.374 e. The van der Waals surface area contributed by atoms with Crippen LogP contribution in [0.25, 0.3) is 0 Å². The highest BCUT2D eigenvalue weighted by Gasteiger charge is 2.49. The van der Waals surface area contributed by atoms with Crippen molar-refractivity contribution >= 4 is 8.80 Å². The summed E-state index contributed by atoms with van der Waals surface area (Å²) in [5.41, 5.74) is 0. The molecule has 0 N–H and O–H groups in total. The number of hydrogen-bond donors (Lipinski definition) is 0. The molecule has 0 amide bonds. The Kier molecular flexibility index (Phi) is 11.9. The molecule has 0 bridgehead atoms. The van der Waals surface area contributed by atoms with Crippen molar-refractivity contribution in [1.29, 1.82) is 0 Å². The van der Waals surface area contributed by atoms with E-state index in [-0.39, 0.29) is 19.8 Å². The molecular formula is C14H25F7O3Si. The summed E-state index contributed by atoms with van der Waals surface area (Å²) in [4.78, 5) is 0. The third kappa shape index (κ3) is 7.39. The van der Waals surface area contributed by atoms with E-state index in [1.165, 1.54) is 0 Å². The van der Waals surface area contributed by atoms with E-state index in [4.69, 9.17) is 13.3 Å². The molecule has 25 heavy (non-hydrogen) atoms. The summed E-state index contributed by atoms with van der Waals surface area (Å²) in [7, 11) is -3.69. The minimum Gasteiger partial charge on any atom is -0.374 e. The lowest BCUT2D eigenvalue weighted by atomic mass is 10.0. The number of alkyl halides is 7. The Labute approximate surface area is 144 Å². The fourth-order valence-electron chi connectivity index (χ4n) is 2.15. The van der Waals surface area contributed by atoms with Crippen molar-refractivity contribution in [3.8, 4) is 0 Å². The van der Waals surface area contributed by atoms with Crippen molar-refractivity contribution in [2.24, 2.45) is 0 Å². The second-order valence-corrected chi connectivity index (χ2v) is 7.79. The van der Waals surface area contributed by atoms with Gasteiger partial charge in [-0.15, -0.1) is 0 Å². The van der Waals surface area contributed by atoms with Crippen LogP contribution in [-0.4, -0.2) is 72.3 Å². The molecule has 0 spiro atoms. The summed E-state index contributed by atoms with van der Waals surface area (Å²) in [6.07, 6.45) is -18.6. The molecule has 0 saturated heterocycles. The van der Waals surface area contributed by atoms with Gasteiger partial charge in [-0.25, -0.2) is 30.7 Å². The Morgan fingerprint density at radius 3 is 1.32 bits per heavy atom. The zero-order chi connectivity index (χ0) is 19.6. The summed E-state index contributed by atoms with van der Waals surface area (Å²) in [6, 6.07) is -0.823. The van der Waals surface area contributed by atoms with Crippen LogP contribution in [0.4, 0.5) is 30.7 Å². The SMILES string of the molecule is CCO[Si](CC(F)C(F)C(F)C(F)C(F)C(F)CF)(OCC)OCC. The molecule has 0 aliphatic rings. The van der Waals surface area contributed by atoms with Gasteiger partial charge in [-0.3, -0.25) is 0 Å². The highest BCUT2D eigenvalue weighted by molar-refractivity contribution is 6.60. The van der Waals surface area contributed by atoms with E-state index in [9.17, 15) is 30.7 Å². The topological polar surface area (TPSA) is 27.7 Å². The highest BCUT2D eigenvalue weighted by Crippen LogP contribution is 2.29. The molecule has 0 saturated carbocycles. The Bertz CT molecular complexity index is 339. The molecule has 0 heterocycles. The van der Waals surface area contributed by atoms with Gasteiger partial charge in [0.05, 0.1) is 6.04 Å². The first-order valence-corrected chi connectivity index (χ1v) is 9.94. The Hall–Kier alpha value is -0.393. The lowest BCUT2D eigenvalue weighted by Crippen LogP contribution is -2.51. The molecule has 0 fully saturated rings. The molecule has 0 aliphatic carbocycles. The maximum Gasteiger partial charge on any atom is 0.504 e. The van der Waals surface area contributed by atoms with Crippen LogP contribution in [0.1, 0.15) is 20.8 Å². The van der Waals surface area contributed by atoms with E-state index < -0.39 is 58.6 Å². The van der Waals surface area contributed by atoms with E-state index in [1.807, 2.05) is 0 Å². The number of halogens is 7. The zero-order valence-electron chi connectivity index (χ0n) is 14.4. The normalized spacial score (nSPS) is 19.9. The van der Waals surface area contributed by atoms with Gasteiger partial charge in [-0.1, -0.05) is 0 Å². The first kappa shape index (κ1) is 24.6. The molecule has 0 aliphatic heterocycles. The lowest BCUT2D eigenvalue weighted by Gasteiger charge is -2.31. The number of hydrogen-bond acceptors (Lipinski definition) is 3. The van der Waals surface area contributed by atoms with Crippen LogP contribution in [0.15, 0.2) is 0 Å². The van der Waals surface area contributed by atoms with Gasteiger partial charge in [-0.2, -0.15) is 0 Å². The molecule has 0 aromatic rings. The maximum atomic E-state index is 14.1. The van der Waals surface area contributed by atoms with Crippen molar-refractivity contribution in [3.63, 3.8) is 0 Å². The monoisotopic (exact) mass is 402 g/mol. The van der Waals surface area contributed by atoms with Gasteiger partial charge in [-0.05, 0) is 20.8 Å². The standard InChI is InChI=1S/C14H25F7O3Si/c1-4-22-25(23-5-2,24-6-3)8-10(17)12(19)14(21)13(20)11(18)9(16)7-15/h9-14H,4-8H2,1-3H3. The summed E-state index contributed by atoms with van der Waals surface area (Å²) >= 11 is 0. The van der Waals surface area contributed by atoms with Gasteiger partial charge in [0.25, 0.3) is 0 Å². The lowest BCUT2D eigenvalue weighted by molar-refractivity contribution is -0.0250. The fourth-order valence-corrected chi connectivity index (χ4v) is 4.77. The van der Waals surface area contributed by atoms with E-state index in [0.29, 0.717) is 0 Å². The van der Waals surface area contributed by atoms with Crippen LogP contribution in [0.5, 0.6) is 0 Å². The molecule has 3 nitrogen and oxygen atoms in total. The van der Waals surface area contributed by atoms with Gasteiger partial charge in [0, 0.05) is 19.8 Å². The van der Waals surface area contributed by atoms with Crippen molar-refractivity contribution in [3.05, 3.63) is 0 Å². The van der Waals surface area contributed by atoms with Crippen LogP contribution in [0.3, 0.4) is 0 Å². The van der Waals surface area contributed by atoms with Crippen LogP contribution in [0.2, 0.25) is 6.04 Å². The Morgan fingerprint density at radius 1 is 0.640 bits per heavy atom. The maximum absolute atomic E-state index is 14.1. The van der Waals surface area contributed by atoms with Crippen molar-refractivity contribution in [2.45, 2.75) is 63.8 Å². The molecule has 11 heteroatoms. The second-order valence-electron chi connectivity index (χ2n) is 5.15. The Morgan fingerprint density at radius 2 is 1.00 bits per heavy atom. The minimum atomic E-state index is -3.69. The fraction of sp³-hybridized carbons (Fsp3) is 1.00. The van der Waals surface area contributed by atoms with Crippen molar-refractivity contribution < 1.29 is 44.0 Å². The first-order valence-electron chi connectivity index (χ1n) is 8.01. The van der Waals surface area contributed by atoms with Gasteiger partial charge in [0.2, 0.25) is 0 Å². The average Bonchev–Trinajstić information content (AvgIpc) is 2.58. The quantitative estimate of drug-likeness (QED) is 0.324. The average molecular weight is 402 g/mol. The van der Waals surface area contributed by atoms with Gasteiger partial charge in [0.15, 0.2) is 30.9 Å². The second kappa shape index (κ2) is 12.1. The summed E-state index contributed by atoms with van der Waals surface area (Å²) in [6.45, 7) is 2.91. The molecule has 152 valence electrons. The molecule has 0 rings (SSSR count). The van der Waals surface area contributed by atoms with Crippen LogP contribution in [-0.2, 0) is 13.3 Å². The molecule has 0 aromatic carbocycles.